The van der Waals surface area contributed by atoms with Crippen molar-refractivity contribution >= 4 is 22.4 Å². The molecule has 0 fully saturated rings. The third-order valence-electron chi connectivity index (χ3n) is 4.26. The van der Waals surface area contributed by atoms with Gasteiger partial charge >= 0.3 is 6.18 Å². The number of nitrogens with zero attached hydrogens (tertiary/aromatic N) is 3. The molecule has 28 heavy (non-hydrogen) atoms. The Morgan fingerprint density at radius 2 is 1.71 bits per heavy atom. The number of benzene rings is 2. The van der Waals surface area contributed by atoms with Crippen LogP contribution in [0.25, 0.3) is 11.0 Å². The zero-order chi connectivity index (χ0) is 19.7. The topological polar surface area (TPSA) is 47.3 Å². The van der Waals surface area contributed by atoms with Crippen molar-refractivity contribution in [3.63, 3.8) is 0 Å². The molecule has 2 aromatic heterocycles. The SMILES string of the molecule is O=c1c(=Cc2ccccc2)sc2nc(CCc3ccccc3C(F)(F)F)nn12. The molecule has 0 N–H and O–H groups in total. The van der Waals surface area contributed by atoms with E-state index in [1.807, 2.05) is 30.3 Å². The van der Waals surface area contributed by atoms with Crippen LogP contribution in [0, 0.1) is 0 Å². The maximum Gasteiger partial charge on any atom is 0.416 e. The molecule has 0 spiro atoms. The van der Waals surface area contributed by atoms with E-state index in [9.17, 15) is 18.0 Å². The minimum atomic E-state index is -4.40. The normalized spacial score (nSPS) is 12.8. The first-order chi connectivity index (χ1) is 13.4. The molecule has 0 aliphatic heterocycles. The first kappa shape index (κ1) is 18.4. The molecule has 0 aliphatic rings. The van der Waals surface area contributed by atoms with Gasteiger partial charge in [-0.3, -0.25) is 4.79 Å². The second-order valence-corrected chi connectivity index (χ2v) is 7.21. The molecule has 4 rings (SSSR count). The van der Waals surface area contributed by atoms with Gasteiger partial charge in [-0.05, 0) is 29.7 Å². The highest BCUT2D eigenvalue weighted by molar-refractivity contribution is 7.15. The summed E-state index contributed by atoms with van der Waals surface area (Å²) in [5, 5.41) is 4.18. The number of thiazole rings is 1. The second-order valence-electron chi connectivity index (χ2n) is 6.20. The Kier molecular flexibility index (Phi) is 4.72. The smallest absolute Gasteiger partial charge is 0.266 e. The lowest BCUT2D eigenvalue weighted by Gasteiger charge is -2.11. The van der Waals surface area contributed by atoms with E-state index < -0.39 is 11.7 Å². The fourth-order valence-corrected chi connectivity index (χ4v) is 3.87. The zero-order valence-electron chi connectivity index (χ0n) is 14.5. The Morgan fingerprint density at radius 1 is 1.00 bits per heavy atom. The summed E-state index contributed by atoms with van der Waals surface area (Å²) in [5.74, 6) is 0.353. The Labute approximate surface area is 161 Å². The maximum absolute atomic E-state index is 13.1. The van der Waals surface area contributed by atoms with E-state index in [0.29, 0.717) is 15.3 Å². The van der Waals surface area contributed by atoms with Crippen LogP contribution in [0.4, 0.5) is 13.2 Å². The molecule has 0 saturated heterocycles. The average molecular weight is 401 g/mol. The van der Waals surface area contributed by atoms with Gasteiger partial charge in [0.25, 0.3) is 5.56 Å². The number of aryl methyl sites for hydroxylation is 2. The van der Waals surface area contributed by atoms with Gasteiger partial charge in [-0.25, -0.2) is 4.98 Å². The van der Waals surface area contributed by atoms with Crippen LogP contribution in [0.5, 0.6) is 0 Å². The van der Waals surface area contributed by atoms with Gasteiger partial charge in [-0.15, -0.1) is 5.10 Å². The van der Waals surface area contributed by atoms with Crippen molar-refractivity contribution in [3.05, 3.63) is 92.0 Å². The third kappa shape index (κ3) is 3.68. The summed E-state index contributed by atoms with van der Waals surface area (Å²) in [6, 6.07) is 14.9. The first-order valence-electron chi connectivity index (χ1n) is 8.52. The minimum Gasteiger partial charge on any atom is -0.266 e. The highest BCUT2D eigenvalue weighted by Crippen LogP contribution is 2.32. The summed E-state index contributed by atoms with van der Waals surface area (Å²) in [4.78, 5) is 17.2. The van der Waals surface area contributed by atoms with E-state index in [4.69, 9.17) is 0 Å². The van der Waals surface area contributed by atoms with Gasteiger partial charge in [0.2, 0.25) is 4.96 Å². The standard InChI is InChI=1S/C20H14F3N3OS/c21-20(22,23)15-9-5-4-8-14(15)10-11-17-24-19-26(25-17)18(27)16(28-19)12-13-6-2-1-3-7-13/h1-9,12H,10-11H2. The largest absolute Gasteiger partial charge is 0.416 e. The van der Waals surface area contributed by atoms with Crippen molar-refractivity contribution < 1.29 is 13.2 Å². The fraction of sp³-hybridized carbons (Fsp3) is 0.150. The van der Waals surface area contributed by atoms with Crippen LogP contribution in [0.3, 0.4) is 0 Å². The summed E-state index contributed by atoms with van der Waals surface area (Å²) in [6.45, 7) is 0. The lowest BCUT2D eigenvalue weighted by Crippen LogP contribution is -2.23. The summed E-state index contributed by atoms with van der Waals surface area (Å²) < 4.78 is 41.0. The number of alkyl halides is 3. The molecule has 0 bridgehead atoms. The van der Waals surface area contributed by atoms with Gasteiger partial charge in [0.1, 0.15) is 0 Å². The van der Waals surface area contributed by atoms with Crippen LogP contribution in [-0.2, 0) is 19.0 Å². The predicted molar refractivity (Wildman–Crippen MR) is 101 cm³/mol. The van der Waals surface area contributed by atoms with Gasteiger partial charge in [0.05, 0.1) is 10.1 Å². The summed E-state index contributed by atoms with van der Waals surface area (Å²) in [7, 11) is 0. The molecular weight excluding hydrogens is 387 g/mol. The number of hydrogen-bond acceptors (Lipinski definition) is 4. The van der Waals surface area contributed by atoms with Crippen molar-refractivity contribution in [3.8, 4) is 0 Å². The van der Waals surface area contributed by atoms with Crippen LogP contribution >= 0.6 is 11.3 Å². The van der Waals surface area contributed by atoms with Gasteiger partial charge < -0.3 is 0 Å². The molecule has 142 valence electrons. The van der Waals surface area contributed by atoms with Crippen molar-refractivity contribution in [2.24, 2.45) is 0 Å². The summed E-state index contributed by atoms with van der Waals surface area (Å²) in [6.07, 6.45) is -2.27. The van der Waals surface area contributed by atoms with Crippen LogP contribution in [-0.4, -0.2) is 14.6 Å². The molecule has 4 nitrogen and oxygen atoms in total. The second kappa shape index (κ2) is 7.20. The molecular formula is C20H14F3N3OS. The molecule has 0 aliphatic carbocycles. The van der Waals surface area contributed by atoms with Gasteiger partial charge in [0.15, 0.2) is 5.82 Å². The van der Waals surface area contributed by atoms with Crippen LogP contribution in [0.2, 0.25) is 0 Å². The van der Waals surface area contributed by atoms with E-state index in [1.54, 1.807) is 12.1 Å². The summed E-state index contributed by atoms with van der Waals surface area (Å²) >= 11 is 1.21. The van der Waals surface area contributed by atoms with Crippen LogP contribution in [0.15, 0.2) is 59.4 Å². The molecule has 8 heteroatoms. The average Bonchev–Trinajstić information content (AvgIpc) is 3.20. The predicted octanol–water partition coefficient (Wildman–Crippen LogP) is 3.50. The highest BCUT2D eigenvalue weighted by Gasteiger charge is 2.32. The lowest BCUT2D eigenvalue weighted by molar-refractivity contribution is -0.138. The van der Waals surface area contributed by atoms with E-state index in [0.717, 1.165) is 11.6 Å². The van der Waals surface area contributed by atoms with E-state index >= 15 is 0 Å². The minimum absolute atomic E-state index is 0.144. The van der Waals surface area contributed by atoms with Gasteiger partial charge in [-0.1, -0.05) is 59.9 Å². The van der Waals surface area contributed by atoms with Gasteiger partial charge in [-0.2, -0.15) is 17.7 Å². The van der Waals surface area contributed by atoms with Gasteiger partial charge in [0, 0.05) is 6.42 Å². The van der Waals surface area contributed by atoms with Crippen molar-refractivity contribution in [1.29, 1.82) is 0 Å². The molecule has 0 atom stereocenters. The maximum atomic E-state index is 13.1. The van der Waals surface area contributed by atoms with Crippen LogP contribution in [0.1, 0.15) is 22.5 Å². The lowest BCUT2D eigenvalue weighted by atomic mass is 10.0. The Bertz CT molecular complexity index is 1230. The van der Waals surface area contributed by atoms with Crippen molar-refractivity contribution in [1.82, 2.24) is 14.6 Å². The fourth-order valence-electron chi connectivity index (χ4n) is 2.94. The van der Waals surface area contributed by atoms with Crippen LogP contribution < -0.4 is 10.1 Å². The summed E-state index contributed by atoms with van der Waals surface area (Å²) in [5.41, 5.74) is 0.153. The molecule has 0 amide bonds. The molecule has 4 aromatic rings. The number of aromatic nitrogens is 3. The molecule has 0 saturated carbocycles. The quantitative estimate of drug-likeness (QED) is 0.526. The van der Waals surface area contributed by atoms with E-state index in [-0.39, 0.29) is 24.0 Å². The third-order valence-corrected chi connectivity index (χ3v) is 5.22. The number of rotatable bonds is 4. The molecule has 0 unspecified atom stereocenters. The Morgan fingerprint density at radius 3 is 2.43 bits per heavy atom. The highest BCUT2D eigenvalue weighted by atomic mass is 32.1. The molecule has 2 heterocycles. The molecule has 0 radical (unpaired) electrons. The van der Waals surface area contributed by atoms with E-state index in [2.05, 4.69) is 10.1 Å². The Balaban J connectivity index is 1.59. The monoisotopic (exact) mass is 401 g/mol. The van der Waals surface area contributed by atoms with Crippen molar-refractivity contribution in [2.75, 3.05) is 0 Å². The number of halogens is 3. The van der Waals surface area contributed by atoms with Crippen molar-refractivity contribution in [2.45, 2.75) is 19.0 Å². The number of fused-ring (bicyclic) bond motifs is 1. The number of hydrogen-bond donors (Lipinski definition) is 0. The van der Waals surface area contributed by atoms with E-state index in [1.165, 1.54) is 28.0 Å². The Hall–Kier alpha value is -3.00. The first-order valence-corrected chi connectivity index (χ1v) is 9.34. The zero-order valence-corrected chi connectivity index (χ0v) is 15.3. The molecule has 2 aromatic carbocycles.